The van der Waals surface area contributed by atoms with Crippen LogP contribution in [0.25, 0.3) is 28.3 Å². The topological polar surface area (TPSA) is 102 Å². The molecule has 0 spiro atoms. The van der Waals surface area contributed by atoms with Gasteiger partial charge < -0.3 is 9.64 Å². The lowest BCUT2D eigenvalue weighted by Crippen LogP contribution is -2.44. The Balaban J connectivity index is 1.78. The number of nitrogens with zero attached hydrogens (tertiary/aromatic N) is 8. The third-order valence-electron chi connectivity index (χ3n) is 5.15. The minimum Gasteiger partial charge on any atom is -0.377 e. The molecule has 0 saturated carbocycles. The highest BCUT2D eigenvalue weighted by Gasteiger charge is 2.25. The van der Waals surface area contributed by atoms with Crippen LogP contribution in [0.1, 0.15) is 12.6 Å². The molecule has 0 amide bonds. The van der Waals surface area contributed by atoms with Gasteiger partial charge in [0.25, 0.3) is 0 Å². The lowest BCUT2D eigenvalue weighted by Gasteiger charge is -2.34. The van der Waals surface area contributed by atoms with Crippen molar-refractivity contribution in [3.8, 4) is 22.6 Å². The van der Waals surface area contributed by atoms with Crippen LogP contribution in [-0.2, 0) is 11.8 Å². The number of hydrogen-bond acceptors (Lipinski definition) is 7. The minimum absolute atomic E-state index is 0.237. The highest BCUT2D eigenvalue weighted by atomic mass is 16.5. The van der Waals surface area contributed by atoms with Crippen molar-refractivity contribution in [1.82, 2.24) is 39.8 Å². The molecule has 4 aromatic rings. The summed E-state index contributed by atoms with van der Waals surface area (Å²) in [4.78, 5) is 7.24. The van der Waals surface area contributed by atoms with E-state index in [1.807, 2.05) is 30.8 Å². The number of hydrogen-bond donors (Lipinski definition) is 1. The number of anilines is 1. The van der Waals surface area contributed by atoms with Crippen LogP contribution in [0.2, 0.25) is 0 Å². The molecule has 1 N–H and O–H groups in total. The predicted octanol–water partition coefficient (Wildman–Crippen LogP) is 1.45. The summed E-state index contributed by atoms with van der Waals surface area (Å²) in [6.07, 6.45) is 3.54. The van der Waals surface area contributed by atoms with Gasteiger partial charge in [0.1, 0.15) is 11.5 Å². The lowest BCUT2D eigenvalue weighted by atomic mass is 10.2. The molecule has 1 saturated heterocycles. The molecule has 1 aliphatic heterocycles. The van der Waals surface area contributed by atoms with Gasteiger partial charge in [-0.25, -0.2) is 14.2 Å². The van der Waals surface area contributed by atoms with Crippen LogP contribution in [0.3, 0.4) is 0 Å². The zero-order valence-electron chi connectivity index (χ0n) is 16.0. The van der Waals surface area contributed by atoms with Gasteiger partial charge in [-0.1, -0.05) is 5.21 Å². The molecule has 5 heterocycles. The van der Waals surface area contributed by atoms with Crippen LogP contribution in [0.15, 0.2) is 24.5 Å². The number of H-pyrrole nitrogens is 1. The van der Waals surface area contributed by atoms with Gasteiger partial charge in [0.2, 0.25) is 0 Å². The van der Waals surface area contributed by atoms with E-state index in [0.29, 0.717) is 13.2 Å². The first-order chi connectivity index (χ1) is 13.6. The van der Waals surface area contributed by atoms with Crippen LogP contribution in [0.5, 0.6) is 0 Å². The second kappa shape index (κ2) is 6.41. The van der Waals surface area contributed by atoms with E-state index >= 15 is 0 Å². The first kappa shape index (κ1) is 16.9. The second-order valence-corrected chi connectivity index (χ2v) is 7.03. The van der Waals surface area contributed by atoms with Crippen LogP contribution in [-0.4, -0.2) is 65.6 Å². The Labute approximate surface area is 161 Å². The SMILES string of the molecule is Cc1nnn(C)c1-c1cc(N2CCOC[C@H]2C)nc2c(-c3ccn[nH]3)cnn12. The van der Waals surface area contributed by atoms with Crippen molar-refractivity contribution in [1.29, 1.82) is 0 Å². The van der Waals surface area contributed by atoms with E-state index in [4.69, 9.17) is 9.72 Å². The van der Waals surface area contributed by atoms with Crippen molar-refractivity contribution in [2.45, 2.75) is 19.9 Å². The van der Waals surface area contributed by atoms with Crippen LogP contribution >= 0.6 is 0 Å². The zero-order chi connectivity index (χ0) is 19.3. The fraction of sp³-hybridized carbons (Fsp3) is 0.389. The molecular weight excluding hydrogens is 358 g/mol. The van der Waals surface area contributed by atoms with Gasteiger partial charge in [0, 0.05) is 25.9 Å². The van der Waals surface area contributed by atoms with Gasteiger partial charge in [-0.05, 0) is 19.9 Å². The number of aryl methyl sites for hydroxylation is 2. The normalized spacial score (nSPS) is 17.5. The molecule has 1 atom stereocenters. The first-order valence-corrected chi connectivity index (χ1v) is 9.23. The molecular formula is C18H21N9O. The van der Waals surface area contributed by atoms with Crippen molar-refractivity contribution in [3.05, 3.63) is 30.2 Å². The molecule has 5 rings (SSSR count). The van der Waals surface area contributed by atoms with Crippen LogP contribution in [0.4, 0.5) is 5.82 Å². The maximum atomic E-state index is 5.60. The molecule has 144 valence electrons. The highest BCUT2D eigenvalue weighted by Crippen LogP contribution is 2.31. The second-order valence-electron chi connectivity index (χ2n) is 7.03. The van der Waals surface area contributed by atoms with Gasteiger partial charge in [-0.2, -0.15) is 10.2 Å². The third-order valence-corrected chi connectivity index (χ3v) is 5.15. The van der Waals surface area contributed by atoms with Crippen LogP contribution < -0.4 is 4.90 Å². The molecule has 10 nitrogen and oxygen atoms in total. The number of morpholine rings is 1. The summed E-state index contributed by atoms with van der Waals surface area (Å²) in [5.41, 5.74) is 5.18. The summed E-state index contributed by atoms with van der Waals surface area (Å²) in [7, 11) is 1.89. The average molecular weight is 379 g/mol. The van der Waals surface area contributed by atoms with Gasteiger partial charge in [0.15, 0.2) is 5.65 Å². The summed E-state index contributed by atoms with van der Waals surface area (Å²) in [5.74, 6) is 0.889. The number of rotatable bonds is 3. The zero-order valence-corrected chi connectivity index (χ0v) is 16.0. The molecule has 0 aliphatic carbocycles. The Bertz CT molecular complexity index is 1110. The van der Waals surface area contributed by atoms with E-state index in [9.17, 15) is 0 Å². The first-order valence-electron chi connectivity index (χ1n) is 9.23. The summed E-state index contributed by atoms with van der Waals surface area (Å²) < 4.78 is 9.22. The summed E-state index contributed by atoms with van der Waals surface area (Å²) in [5, 5.41) is 20.1. The van der Waals surface area contributed by atoms with Crippen LogP contribution in [0, 0.1) is 6.92 Å². The van der Waals surface area contributed by atoms with Crippen molar-refractivity contribution in [3.63, 3.8) is 0 Å². The van der Waals surface area contributed by atoms with E-state index in [1.165, 1.54) is 0 Å². The maximum Gasteiger partial charge on any atom is 0.167 e. The van der Waals surface area contributed by atoms with Crippen molar-refractivity contribution in [2.75, 3.05) is 24.7 Å². The molecule has 1 fully saturated rings. The van der Waals surface area contributed by atoms with Gasteiger partial charge >= 0.3 is 0 Å². The molecule has 4 aromatic heterocycles. The Morgan fingerprint density at radius 3 is 2.93 bits per heavy atom. The number of ether oxygens (including phenoxy) is 1. The summed E-state index contributed by atoms with van der Waals surface area (Å²) >= 11 is 0. The van der Waals surface area contributed by atoms with Gasteiger partial charge in [0.05, 0.1) is 48.1 Å². The van der Waals surface area contributed by atoms with E-state index in [-0.39, 0.29) is 6.04 Å². The van der Waals surface area contributed by atoms with Crippen molar-refractivity contribution < 1.29 is 4.74 Å². The average Bonchev–Trinajstić information content (AvgIpc) is 3.42. The smallest absolute Gasteiger partial charge is 0.167 e. The summed E-state index contributed by atoms with van der Waals surface area (Å²) in [6.45, 7) is 6.26. The van der Waals surface area contributed by atoms with Crippen molar-refractivity contribution in [2.24, 2.45) is 7.05 Å². The van der Waals surface area contributed by atoms with E-state index in [1.54, 1.807) is 10.9 Å². The lowest BCUT2D eigenvalue weighted by molar-refractivity contribution is 0.0985. The van der Waals surface area contributed by atoms with E-state index < -0.39 is 0 Å². The predicted molar refractivity (Wildman–Crippen MR) is 103 cm³/mol. The minimum atomic E-state index is 0.237. The molecule has 28 heavy (non-hydrogen) atoms. The Morgan fingerprint density at radius 2 is 2.21 bits per heavy atom. The summed E-state index contributed by atoms with van der Waals surface area (Å²) in [6, 6.07) is 4.21. The largest absolute Gasteiger partial charge is 0.377 e. The van der Waals surface area contributed by atoms with Gasteiger partial charge in [-0.3, -0.25) is 5.10 Å². The fourth-order valence-electron chi connectivity index (χ4n) is 3.74. The maximum absolute atomic E-state index is 5.60. The fourth-order valence-corrected chi connectivity index (χ4v) is 3.74. The molecule has 0 bridgehead atoms. The number of aromatic nitrogens is 8. The monoisotopic (exact) mass is 379 g/mol. The van der Waals surface area contributed by atoms with Crippen molar-refractivity contribution >= 4 is 11.5 Å². The van der Waals surface area contributed by atoms with Gasteiger partial charge in [-0.15, -0.1) is 5.10 Å². The quantitative estimate of drug-likeness (QED) is 0.575. The number of aromatic amines is 1. The molecule has 0 unspecified atom stereocenters. The Hall–Kier alpha value is -3.27. The Morgan fingerprint density at radius 1 is 1.32 bits per heavy atom. The number of nitrogens with one attached hydrogen (secondary N) is 1. The van der Waals surface area contributed by atoms with E-state index in [0.717, 1.165) is 46.3 Å². The molecule has 10 heteroatoms. The molecule has 1 aliphatic rings. The van der Waals surface area contributed by atoms with E-state index in [2.05, 4.69) is 43.5 Å². The standard InChI is InChI=1S/C18H21N9O/c1-11-10-28-7-6-26(11)16-8-15(17-12(2)22-24-25(17)3)27-18(21-16)13(9-20-27)14-4-5-19-23-14/h4-5,8-9,11H,6-7,10H2,1-3H3,(H,19,23)/t11-/m1/s1. The Kier molecular flexibility index (Phi) is 3.86. The third kappa shape index (κ3) is 2.56. The number of fused-ring (bicyclic) bond motifs is 1. The highest BCUT2D eigenvalue weighted by molar-refractivity contribution is 5.78. The molecule has 0 radical (unpaired) electrons. The molecule has 0 aromatic carbocycles.